The van der Waals surface area contributed by atoms with Crippen LogP contribution < -0.4 is 5.32 Å². The van der Waals surface area contributed by atoms with E-state index >= 15 is 0 Å². The molecule has 2 N–H and O–H groups in total. The Hall–Kier alpha value is -1.82. The van der Waals surface area contributed by atoms with Crippen molar-refractivity contribution in [3.8, 4) is 0 Å². The van der Waals surface area contributed by atoms with Crippen molar-refractivity contribution in [3.05, 3.63) is 45.7 Å². The van der Waals surface area contributed by atoms with Crippen molar-refractivity contribution in [1.29, 1.82) is 0 Å². The number of aryl methyl sites for hydroxylation is 2. The van der Waals surface area contributed by atoms with Gasteiger partial charge in [0.15, 0.2) is 0 Å². The monoisotopic (exact) mass is 323 g/mol. The minimum Gasteiger partial charge on any atom is -0.478 e. The largest absolute Gasteiger partial charge is 0.478 e. The number of aromatic nitrogens is 2. The van der Waals surface area contributed by atoms with Gasteiger partial charge in [0.05, 0.1) is 18.4 Å². The maximum Gasteiger partial charge on any atom is 0.339 e. The number of hydrogen-bond acceptors (Lipinski definition) is 3. The molecular weight excluding hydrogens is 310 g/mol. The molecule has 0 saturated carbocycles. The first-order valence-electron chi connectivity index (χ1n) is 5.74. The molecule has 0 aliphatic rings. The van der Waals surface area contributed by atoms with Crippen LogP contribution >= 0.6 is 15.9 Å². The van der Waals surface area contributed by atoms with Crippen LogP contribution in [0.25, 0.3) is 0 Å². The number of carboxylic acids is 1. The summed E-state index contributed by atoms with van der Waals surface area (Å²) in [5.41, 5.74) is 2.91. The third-order valence-corrected chi connectivity index (χ3v) is 3.98. The molecule has 0 spiro atoms. The van der Waals surface area contributed by atoms with Gasteiger partial charge in [-0.1, -0.05) is 12.1 Å². The number of halogens is 1. The van der Waals surface area contributed by atoms with Crippen molar-refractivity contribution in [2.45, 2.75) is 13.5 Å². The minimum absolute atomic E-state index is 0.221. The molecule has 0 radical (unpaired) electrons. The summed E-state index contributed by atoms with van der Waals surface area (Å²) in [6.45, 7) is 2.40. The number of hydrogen-bond donors (Lipinski definition) is 2. The lowest BCUT2D eigenvalue weighted by molar-refractivity contribution is 0.0695. The van der Waals surface area contributed by atoms with Crippen LogP contribution in [-0.2, 0) is 13.6 Å². The number of rotatable bonds is 4. The van der Waals surface area contributed by atoms with Crippen LogP contribution in [0.15, 0.2) is 28.9 Å². The summed E-state index contributed by atoms with van der Waals surface area (Å²) < 4.78 is 2.55. The lowest BCUT2D eigenvalue weighted by Gasteiger charge is -2.11. The lowest BCUT2D eigenvalue weighted by Crippen LogP contribution is -2.10. The Labute approximate surface area is 119 Å². The van der Waals surface area contributed by atoms with Gasteiger partial charge in [0.2, 0.25) is 0 Å². The summed E-state index contributed by atoms with van der Waals surface area (Å²) in [6.07, 6.45) is 1.37. The number of benzene rings is 1. The van der Waals surface area contributed by atoms with Gasteiger partial charge in [0, 0.05) is 17.2 Å². The van der Waals surface area contributed by atoms with E-state index in [-0.39, 0.29) is 5.56 Å². The first kappa shape index (κ1) is 13.6. The Balaban J connectivity index is 2.21. The molecule has 0 aliphatic heterocycles. The molecule has 19 heavy (non-hydrogen) atoms. The highest BCUT2D eigenvalue weighted by atomic mass is 79.9. The third-order valence-electron chi connectivity index (χ3n) is 2.93. The second-order valence-corrected chi connectivity index (χ2v) is 5.02. The number of nitrogens with one attached hydrogen (secondary N) is 1. The molecular formula is C13H14BrN3O2. The summed E-state index contributed by atoms with van der Waals surface area (Å²) >= 11 is 3.51. The number of nitrogens with zero attached hydrogens (tertiary/aromatic N) is 2. The third kappa shape index (κ3) is 2.78. The summed E-state index contributed by atoms with van der Waals surface area (Å²) in [5, 5.41) is 16.3. The summed E-state index contributed by atoms with van der Waals surface area (Å²) in [7, 11) is 1.73. The van der Waals surface area contributed by atoms with E-state index in [4.69, 9.17) is 5.11 Å². The topological polar surface area (TPSA) is 67.2 Å². The fraction of sp³-hybridized carbons (Fsp3) is 0.231. The van der Waals surface area contributed by atoms with Gasteiger partial charge < -0.3 is 10.4 Å². The maximum absolute atomic E-state index is 11.1. The summed E-state index contributed by atoms with van der Waals surface area (Å²) in [6, 6.07) is 5.89. The second-order valence-electron chi connectivity index (χ2n) is 4.22. The van der Waals surface area contributed by atoms with Crippen LogP contribution in [0.3, 0.4) is 0 Å². The quantitative estimate of drug-likeness (QED) is 0.907. The minimum atomic E-state index is -0.965. The molecule has 0 amide bonds. The molecule has 100 valence electrons. The molecule has 0 atom stereocenters. The van der Waals surface area contributed by atoms with Crippen molar-refractivity contribution < 1.29 is 9.90 Å². The standard InChI is InChI=1S/C13H14BrN3O2/c1-8-4-3-5-10(12(8)14)15-7-11-9(13(18)19)6-16-17(11)2/h3-6,15H,7H2,1-2H3,(H,18,19). The van der Waals surface area contributed by atoms with Crippen LogP contribution in [0.1, 0.15) is 21.6 Å². The van der Waals surface area contributed by atoms with Crippen molar-refractivity contribution in [2.75, 3.05) is 5.32 Å². The van der Waals surface area contributed by atoms with E-state index in [2.05, 4.69) is 26.3 Å². The number of carboxylic acid groups (broad SMARTS) is 1. The van der Waals surface area contributed by atoms with Gasteiger partial charge >= 0.3 is 5.97 Å². The van der Waals surface area contributed by atoms with E-state index in [0.717, 1.165) is 15.7 Å². The predicted octanol–water partition coefficient (Wildman–Crippen LogP) is 2.80. The molecule has 5 nitrogen and oxygen atoms in total. The van der Waals surface area contributed by atoms with E-state index in [1.54, 1.807) is 11.7 Å². The van der Waals surface area contributed by atoms with E-state index in [1.165, 1.54) is 6.20 Å². The Morgan fingerprint density at radius 3 is 2.95 bits per heavy atom. The lowest BCUT2D eigenvalue weighted by atomic mass is 10.2. The van der Waals surface area contributed by atoms with E-state index in [0.29, 0.717) is 12.2 Å². The van der Waals surface area contributed by atoms with Gasteiger partial charge in [-0.3, -0.25) is 4.68 Å². The Kier molecular flexibility index (Phi) is 3.90. The van der Waals surface area contributed by atoms with Crippen molar-refractivity contribution >= 4 is 27.6 Å². The SMILES string of the molecule is Cc1cccc(NCc2c(C(=O)O)cnn2C)c1Br. The van der Waals surface area contributed by atoms with Crippen LogP contribution in [0, 0.1) is 6.92 Å². The smallest absolute Gasteiger partial charge is 0.339 e. The molecule has 6 heteroatoms. The fourth-order valence-electron chi connectivity index (χ4n) is 1.81. The van der Waals surface area contributed by atoms with E-state index in [1.807, 2.05) is 25.1 Å². The van der Waals surface area contributed by atoms with Gasteiger partial charge in [-0.15, -0.1) is 0 Å². The number of carbonyl (C=O) groups is 1. The molecule has 0 bridgehead atoms. The molecule has 1 heterocycles. The van der Waals surface area contributed by atoms with Gasteiger partial charge in [-0.25, -0.2) is 4.79 Å². The zero-order valence-electron chi connectivity index (χ0n) is 10.6. The van der Waals surface area contributed by atoms with Gasteiger partial charge in [-0.2, -0.15) is 5.10 Å². The first-order chi connectivity index (χ1) is 9.00. The summed E-state index contributed by atoms with van der Waals surface area (Å²) in [5.74, 6) is -0.965. The van der Waals surface area contributed by atoms with Crippen LogP contribution in [0.5, 0.6) is 0 Å². The molecule has 1 aromatic heterocycles. The van der Waals surface area contributed by atoms with Gasteiger partial charge in [-0.05, 0) is 34.5 Å². The molecule has 2 rings (SSSR count). The average Bonchev–Trinajstić information content (AvgIpc) is 2.73. The molecule has 0 fully saturated rings. The zero-order chi connectivity index (χ0) is 14.0. The van der Waals surface area contributed by atoms with Crippen LogP contribution in [-0.4, -0.2) is 20.9 Å². The molecule has 0 unspecified atom stereocenters. The van der Waals surface area contributed by atoms with Crippen LogP contribution in [0.2, 0.25) is 0 Å². The Bertz CT molecular complexity index is 622. The highest BCUT2D eigenvalue weighted by molar-refractivity contribution is 9.10. The van der Waals surface area contributed by atoms with Crippen molar-refractivity contribution in [2.24, 2.45) is 7.05 Å². The van der Waals surface area contributed by atoms with Crippen molar-refractivity contribution in [3.63, 3.8) is 0 Å². The first-order valence-corrected chi connectivity index (χ1v) is 6.53. The second kappa shape index (κ2) is 5.44. The molecule has 0 saturated heterocycles. The summed E-state index contributed by atoms with van der Waals surface area (Å²) in [4.78, 5) is 11.1. The van der Waals surface area contributed by atoms with E-state index in [9.17, 15) is 4.79 Å². The predicted molar refractivity (Wildman–Crippen MR) is 76.4 cm³/mol. The zero-order valence-corrected chi connectivity index (χ0v) is 12.2. The fourth-order valence-corrected chi connectivity index (χ4v) is 2.22. The molecule has 2 aromatic rings. The van der Waals surface area contributed by atoms with Crippen LogP contribution in [0.4, 0.5) is 5.69 Å². The number of aromatic carboxylic acids is 1. The average molecular weight is 324 g/mol. The van der Waals surface area contributed by atoms with Crippen molar-refractivity contribution in [1.82, 2.24) is 9.78 Å². The molecule has 1 aromatic carbocycles. The molecule has 0 aliphatic carbocycles. The van der Waals surface area contributed by atoms with E-state index < -0.39 is 5.97 Å². The van der Waals surface area contributed by atoms with Gasteiger partial charge in [0.25, 0.3) is 0 Å². The highest BCUT2D eigenvalue weighted by Gasteiger charge is 2.15. The van der Waals surface area contributed by atoms with Gasteiger partial charge in [0.1, 0.15) is 5.56 Å². The normalized spacial score (nSPS) is 10.5. The number of anilines is 1. The Morgan fingerprint density at radius 1 is 1.53 bits per heavy atom. The maximum atomic E-state index is 11.1. The Morgan fingerprint density at radius 2 is 2.26 bits per heavy atom. The highest BCUT2D eigenvalue weighted by Crippen LogP contribution is 2.26.